The Morgan fingerprint density at radius 3 is 2.48 bits per heavy atom. The number of nitrogens with zero attached hydrogens (tertiary/aromatic N) is 3. The Labute approximate surface area is 191 Å². The summed E-state index contributed by atoms with van der Waals surface area (Å²) in [6.07, 6.45) is 7.12. The van der Waals surface area contributed by atoms with Crippen LogP contribution in [-0.4, -0.2) is 30.1 Å². The van der Waals surface area contributed by atoms with Crippen molar-refractivity contribution in [3.8, 4) is 5.75 Å². The van der Waals surface area contributed by atoms with Crippen molar-refractivity contribution in [1.82, 2.24) is 4.98 Å². The zero-order valence-electron chi connectivity index (χ0n) is 17.3. The molecule has 0 amide bonds. The van der Waals surface area contributed by atoms with Crippen molar-refractivity contribution in [3.63, 3.8) is 0 Å². The summed E-state index contributed by atoms with van der Waals surface area (Å²) in [7, 11) is 0. The van der Waals surface area contributed by atoms with Crippen LogP contribution < -0.4 is 20.7 Å². The number of hydrogen-bond donors (Lipinski definition) is 2. The number of aliphatic imine (C=N–C) groups is 1. The maximum atomic E-state index is 6.06. The van der Waals surface area contributed by atoms with Crippen molar-refractivity contribution in [2.75, 3.05) is 23.3 Å². The Kier molecular flexibility index (Phi) is 9.50. The normalized spacial score (nSPS) is 14.9. The Bertz CT molecular complexity index is 771. The van der Waals surface area contributed by atoms with Crippen LogP contribution in [0.15, 0.2) is 47.6 Å². The fraction of sp³-hybridized carbons (Fsp3) is 0.455. The number of ether oxygens (including phenoxy) is 1. The van der Waals surface area contributed by atoms with Crippen molar-refractivity contribution in [1.29, 1.82) is 0 Å². The maximum absolute atomic E-state index is 6.06. The molecule has 1 fully saturated rings. The minimum atomic E-state index is 0. The van der Waals surface area contributed by atoms with Gasteiger partial charge in [0.15, 0.2) is 5.96 Å². The molecular formula is C22H32IN5O. The van der Waals surface area contributed by atoms with E-state index in [0.29, 0.717) is 12.5 Å². The monoisotopic (exact) mass is 509 g/mol. The number of nitrogens with one attached hydrogen (secondary N) is 1. The summed E-state index contributed by atoms with van der Waals surface area (Å²) >= 11 is 0. The van der Waals surface area contributed by atoms with Crippen LogP contribution in [0, 0.1) is 0 Å². The van der Waals surface area contributed by atoms with Crippen molar-refractivity contribution in [3.05, 3.63) is 48.2 Å². The predicted molar refractivity (Wildman–Crippen MR) is 131 cm³/mol. The lowest BCUT2D eigenvalue weighted by atomic mass is 10.2. The van der Waals surface area contributed by atoms with Gasteiger partial charge in [-0.25, -0.2) is 9.98 Å². The second-order valence-corrected chi connectivity index (χ2v) is 7.44. The highest BCUT2D eigenvalue weighted by molar-refractivity contribution is 14.0. The van der Waals surface area contributed by atoms with Crippen LogP contribution in [0.5, 0.6) is 5.75 Å². The Balaban J connectivity index is 0.00000300. The van der Waals surface area contributed by atoms with Crippen molar-refractivity contribution >= 4 is 41.4 Å². The number of nitrogens with two attached hydrogens (primary N) is 1. The first-order chi connectivity index (χ1) is 13.6. The quantitative estimate of drug-likeness (QED) is 0.333. The molecular weight excluding hydrogens is 477 g/mol. The van der Waals surface area contributed by atoms with E-state index < -0.39 is 0 Å². The number of rotatable bonds is 6. The molecule has 158 valence electrons. The fourth-order valence-electron chi connectivity index (χ4n) is 3.28. The molecule has 29 heavy (non-hydrogen) atoms. The summed E-state index contributed by atoms with van der Waals surface area (Å²) in [5.74, 6) is 2.28. The van der Waals surface area contributed by atoms with Gasteiger partial charge in [-0.05, 0) is 68.7 Å². The molecule has 1 aliphatic heterocycles. The van der Waals surface area contributed by atoms with E-state index in [2.05, 4.69) is 26.3 Å². The number of halogens is 1. The molecule has 1 aromatic heterocycles. The second kappa shape index (κ2) is 11.8. The summed E-state index contributed by atoms with van der Waals surface area (Å²) in [4.78, 5) is 11.4. The van der Waals surface area contributed by atoms with Gasteiger partial charge in [0.05, 0.1) is 12.6 Å². The molecule has 1 aromatic carbocycles. The maximum Gasteiger partial charge on any atom is 0.193 e. The molecule has 0 radical (unpaired) electrons. The molecule has 2 aromatic rings. The predicted octanol–water partition coefficient (Wildman–Crippen LogP) is 4.79. The van der Waals surface area contributed by atoms with Gasteiger partial charge in [-0.2, -0.15) is 0 Å². The van der Waals surface area contributed by atoms with Gasteiger partial charge in [0.1, 0.15) is 11.6 Å². The summed E-state index contributed by atoms with van der Waals surface area (Å²) in [5, 5.41) is 3.13. The van der Waals surface area contributed by atoms with Gasteiger partial charge in [0, 0.05) is 25.0 Å². The first-order valence-corrected chi connectivity index (χ1v) is 10.1. The molecule has 3 rings (SSSR count). The highest BCUT2D eigenvalue weighted by Gasteiger charge is 2.11. The van der Waals surface area contributed by atoms with E-state index in [0.717, 1.165) is 35.9 Å². The third-order valence-electron chi connectivity index (χ3n) is 4.67. The highest BCUT2D eigenvalue weighted by Crippen LogP contribution is 2.19. The molecule has 0 unspecified atom stereocenters. The standard InChI is InChI=1S/C22H31N5O.HI/c1-17(2)28-20-9-7-19(8-10-20)26-22(23)25-16-18-11-12-24-21(15-18)27-13-5-3-4-6-14-27;/h7-12,15,17H,3-6,13-14,16H2,1-2H3,(H3,23,25,26);1H. The topological polar surface area (TPSA) is 75.8 Å². The number of anilines is 2. The highest BCUT2D eigenvalue weighted by atomic mass is 127. The lowest BCUT2D eigenvalue weighted by molar-refractivity contribution is 0.242. The van der Waals surface area contributed by atoms with E-state index in [1.54, 1.807) is 0 Å². The van der Waals surface area contributed by atoms with Crippen LogP contribution >= 0.6 is 24.0 Å². The van der Waals surface area contributed by atoms with Crippen molar-refractivity contribution in [2.45, 2.75) is 52.2 Å². The minimum absolute atomic E-state index is 0. The summed E-state index contributed by atoms with van der Waals surface area (Å²) in [5.41, 5.74) is 8.05. The minimum Gasteiger partial charge on any atom is -0.491 e. The first kappa shape index (κ1) is 23.3. The first-order valence-electron chi connectivity index (χ1n) is 10.1. The van der Waals surface area contributed by atoms with Crippen LogP contribution in [0.4, 0.5) is 11.5 Å². The Morgan fingerprint density at radius 2 is 1.83 bits per heavy atom. The molecule has 0 bridgehead atoms. The molecule has 0 spiro atoms. The van der Waals surface area contributed by atoms with E-state index in [-0.39, 0.29) is 30.1 Å². The van der Waals surface area contributed by atoms with Gasteiger partial charge < -0.3 is 20.7 Å². The summed E-state index contributed by atoms with van der Waals surface area (Å²) in [6, 6.07) is 11.8. The Hall–Kier alpha value is -2.03. The molecule has 1 saturated heterocycles. The molecule has 3 N–H and O–H groups in total. The van der Waals surface area contributed by atoms with Gasteiger partial charge in [-0.1, -0.05) is 12.8 Å². The number of aromatic nitrogens is 1. The van der Waals surface area contributed by atoms with Crippen LogP contribution in [0.2, 0.25) is 0 Å². The van der Waals surface area contributed by atoms with Gasteiger partial charge in [0.25, 0.3) is 0 Å². The van der Waals surface area contributed by atoms with Crippen molar-refractivity contribution < 1.29 is 4.74 Å². The molecule has 0 saturated carbocycles. The fourth-order valence-corrected chi connectivity index (χ4v) is 3.28. The van der Waals surface area contributed by atoms with Gasteiger partial charge in [-0.3, -0.25) is 0 Å². The third-order valence-corrected chi connectivity index (χ3v) is 4.67. The average Bonchev–Trinajstić information content (AvgIpc) is 2.97. The van der Waals surface area contributed by atoms with E-state index in [1.165, 1.54) is 25.7 Å². The van der Waals surface area contributed by atoms with E-state index in [9.17, 15) is 0 Å². The largest absolute Gasteiger partial charge is 0.491 e. The summed E-state index contributed by atoms with van der Waals surface area (Å²) in [6.45, 7) is 6.71. The molecule has 1 aliphatic rings. The van der Waals surface area contributed by atoms with Gasteiger partial charge in [0.2, 0.25) is 0 Å². The van der Waals surface area contributed by atoms with Crippen LogP contribution in [0.3, 0.4) is 0 Å². The van der Waals surface area contributed by atoms with Crippen LogP contribution in [0.1, 0.15) is 45.1 Å². The lowest BCUT2D eigenvalue weighted by Crippen LogP contribution is -2.25. The summed E-state index contributed by atoms with van der Waals surface area (Å²) < 4.78 is 5.65. The molecule has 0 aliphatic carbocycles. The number of pyridine rings is 1. The van der Waals surface area contributed by atoms with E-state index in [1.807, 2.05) is 50.4 Å². The van der Waals surface area contributed by atoms with Gasteiger partial charge >= 0.3 is 0 Å². The number of benzene rings is 1. The van der Waals surface area contributed by atoms with Crippen molar-refractivity contribution in [2.24, 2.45) is 10.7 Å². The lowest BCUT2D eigenvalue weighted by Gasteiger charge is -2.21. The van der Waals surface area contributed by atoms with E-state index >= 15 is 0 Å². The molecule has 0 atom stereocenters. The Morgan fingerprint density at radius 1 is 1.14 bits per heavy atom. The SMILES string of the molecule is CC(C)Oc1ccc(NC(N)=NCc2ccnc(N3CCCCCC3)c2)cc1.I. The van der Waals surface area contributed by atoms with Crippen LogP contribution in [-0.2, 0) is 6.54 Å². The third kappa shape index (κ3) is 7.72. The zero-order valence-corrected chi connectivity index (χ0v) is 19.6. The molecule has 7 heteroatoms. The smallest absolute Gasteiger partial charge is 0.193 e. The average molecular weight is 509 g/mol. The van der Waals surface area contributed by atoms with Crippen LogP contribution in [0.25, 0.3) is 0 Å². The number of guanidine groups is 1. The van der Waals surface area contributed by atoms with E-state index in [4.69, 9.17) is 10.5 Å². The second-order valence-electron chi connectivity index (χ2n) is 7.44. The van der Waals surface area contributed by atoms with Gasteiger partial charge in [-0.15, -0.1) is 24.0 Å². The molecule has 6 nitrogen and oxygen atoms in total. The molecule has 2 heterocycles. The number of hydrogen-bond acceptors (Lipinski definition) is 4. The zero-order chi connectivity index (χ0) is 19.8.